The van der Waals surface area contributed by atoms with E-state index in [1.165, 1.54) is 10.5 Å². The summed E-state index contributed by atoms with van der Waals surface area (Å²) in [7, 11) is 0. The molecule has 2 aromatic carbocycles. The third-order valence-electron chi connectivity index (χ3n) is 5.82. The van der Waals surface area contributed by atoms with Crippen LogP contribution in [-0.2, 0) is 16.1 Å². The van der Waals surface area contributed by atoms with Crippen molar-refractivity contribution in [3.8, 4) is 11.5 Å². The van der Waals surface area contributed by atoms with E-state index >= 15 is 0 Å². The van der Waals surface area contributed by atoms with Crippen molar-refractivity contribution in [3.05, 3.63) is 59.7 Å². The molecule has 7 nitrogen and oxygen atoms in total. The zero-order valence-corrected chi connectivity index (χ0v) is 16.8. The first-order valence-corrected chi connectivity index (χ1v) is 10.3. The van der Waals surface area contributed by atoms with Crippen molar-refractivity contribution < 1.29 is 29.1 Å². The maximum atomic E-state index is 12.8. The number of quaternary nitrogens is 1. The van der Waals surface area contributed by atoms with E-state index in [9.17, 15) is 14.7 Å². The molecule has 2 heterocycles. The minimum Gasteiger partial charge on any atom is -0.550 e. The zero-order chi connectivity index (χ0) is 20.9. The number of carbonyl (C=O) groups is 2. The summed E-state index contributed by atoms with van der Waals surface area (Å²) in [6.45, 7) is 4.20. The molecule has 0 saturated carbocycles. The standard InChI is InChI=1S/C23H26N2O5/c26-22(13-19(14-23(27)28)18-4-2-1-3-5-18)25-10-8-24(9-11-25)15-17-6-7-20-21(12-17)30-16-29-20/h1-7,12,19H,8-11,13-16H2,(H,27,28)/t19-/m1/s1. The van der Waals surface area contributed by atoms with Crippen LogP contribution < -0.4 is 19.5 Å². The molecule has 4 rings (SSSR count). The molecular formula is C23H26N2O5. The summed E-state index contributed by atoms with van der Waals surface area (Å²) in [5.41, 5.74) is 2.05. The highest BCUT2D eigenvalue weighted by Gasteiger charge is 2.26. The highest BCUT2D eigenvalue weighted by molar-refractivity contribution is 5.78. The summed E-state index contributed by atoms with van der Waals surface area (Å²) in [5, 5.41) is 11.2. The summed E-state index contributed by atoms with van der Waals surface area (Å²) < 4.78 is 10.8. The molecule has 0 bridgehead atoms. The van der Waals surface area contributed by atoms with Gasteiger partial charge in [0.05, 0.1) is 26.2 Å². The molecule has 1 saturated heterocycles. The highest BCUT2D eigenvalue weighted by atomic mass is 16.7. The van der Waals surface area contributed by atoms with E-state index in [2.05, 4.69) is 6.07 Å². The molecular weight excluding hydrogens is 384 g/mol. The first-order valence-electron chi connectivity index (χ1n) is 10.3. The molecule has 1 atom stereocenters. The lowest BCUT2D eigenvalue weighted by molar-refractivity contribution is -0.917. The van der Waals surface area contributed by atoms with Gasteiger partial charge >= 0.3 is 0 Å². The van der Waals surface area contributed by atoms with E-state index in [0.29, 0.717) is 13.1 Å². The van der Waals surface area contributed by atoms with Gasteiger partial charge in [-0.05, 0) is 36.1 Å². The van der Waals surface area contributed by atoms with Crippen molar-refractivity contribution in [1.82, 2.24) is 4.90 Å². The monoisotopic (exact) mass is 410 g/mol. The third-order valence-corrected chi connectivity index (χ3v) is 5.82. The van der Waals surface area contributed by atoms with Crippen LogP contribution in [0.2, 0.25) is 0 Å². The number of carbonyl (C=O) groups excluding carboxylic acids is 2. The van der Waals surface area contributed by atoms with Gasteiger partial charge < -0.3 is 29.2 Å². The Kier molecular flexibility index (Phi) is 6.18. The van der Waals surface area contributed by atoms with Crippen molar-refractivity contribution in [1.29, 1.82) is 0 Å². The average Bonchev–Trinajstić information content (AvgIpc) is 3.22. The van der Waals surface area contributed by atoms with Crippen molar-refractivity contribution in [2.24, 2.45) is 0 Å². The van der Waals surface area contributed by atoms with E-state index in [0.717, 1.165) is 36.7 Å². The van der Waals surface area contributed by atoms with E-state index in [-0.39, 0.29) is 31.5 Å². The van der Waals surface area contributed by atoms with Crippen LogP contribution in [0.4, 0.5) is 0 Å². The van der Waals surface area contributed by atoms with Crippen LogP contribution in [-0.4, -0.2) is 49.7 Å². The Labute approximate surface area is 175 Å². The van der Waals surface area contributed by atoms with Crippen LogP contribution in [0.15, 0.2) is 48.5 Å². The van der Waals surface area contributed by atoms with Crippen LogP contribution in [0.25, 0.3) is 0 Å². The Balaban J connectivity index is 1.30. The molecule has 1 fully saturated rings. The fourth-order valence-corrected chi connectivity index (χ4v) is 4.16. The van der Waals surface area contributed by atoms with Gasteiger partial charge in [-0.25, -0.2) is 0 Å². The Hall–Kier alpha value is -3.06. The molecule has 2 aliphatic rings. The fourth-order valence-electron chi connectivity index (χ4n) is 4.16. The SMILES string of the molecule is O=C([O-])C[C@@H](CC(=O)N1CC[NH+](Cc2ccc3c(c2)OCO3)CC1)c1ccccc1. The largest absolute Gasteiger partial charge is 0.550 e. The summed E-state index contributed by atoms with van der Waals surface area (Å²) in [6.07, 6.45) is 0.0422. The second kappa shape index (κ2) is 9.17. The van der Waals surface area contributed by atoms with Crippen molar-refractivity contribution in [2.45, 2.75) is 25.3 Å². The van der Waals surface area contributed by atoms with Crippen LogP contribution >= 0.6 is 0 Å². The molecule has 2 aliphatic heterocycles. The predicted molar refractivity (Wildman–Crippen MR) is 107 cm³/mol. The molecule has 0 unspecified atom stereocenters. The molecule has 158 valence electrons. The van der Waals surface area contributed by atoms with Gasteiger partial charge in [-0.2, -0.15) is 0 Å². The van der Waals surface area contributed by atoms with Gasteiger partial charge in [0, 0.05) is 18.0 Å². The number of benzene rings is 2. The molecule has 1 amide bonds. The lowest BCUT2D eigenvalue weighted by atomic mass is 9.92. The maximum absolute atomic E-state index is 12.8. The number of rotatable bonds is 7. The Morgan fingerprint density at radius 2 is 1.73 bits per heavy atom. The van der Waals surface area contributed by atoms with Gasteiger partial charge in [-0.15, -0.1) is 0 Å². The number of aliphatic carboxylic acids is 1. The number of nitrogens with one attached hydrogen (secondary N) is 1. The smallest absolute Gasteiger partial charge is 0.231 e. The van der Waals surface area contributed by atoms with Crippen LogP contribution in [0.3, 0.4) is 0 Å². The minimum atomic E-state index is -1.13. The highest BCUT2D eigenvalue weighted by Crippen LogP contribution is 2.32. The summed E-state index contributed by atoms with van der Waals surface area (Å²) >= 11 is 0. The normalized spacial score (nSPS) is 17.0. The molecule has 0 radical (unpaired) electrons. The molecule has 7 heteroatoms. The van der Waals surface area contributed by atoms with Crippen molar-refractivity contribution in [3.63, 3.8) is 0 Å². The van der Waals surface area contributed by atoms with Crippen molar-refractivity contribution in [2.75, 3.05) is 33.0 Å². The Bertz CT molecular complexity index is 894. The van der Waals surface area contributed by atoms with Gasteiger partial charge in [-0.1, -0.05) is 30.3 Å². The number of hydrogen-bond donors (Lipinski definition) is 1. The van der Waals surface area contributed by atoms with Gasteiger partial charge in [-0.3, -0.25) is 4.79 Å². The summed E-state index contributed by atoms with van der Waals surface area (Å²) in [6, 6.07) is 15.4. The third kappa shape index (κ3) is 4.91. The van der Waals surface area contributed by atoms with E-state index in [1.807, 2.05) is 47.4 Å². The summed E-state index contributed by atoms with van der Waals surface area (Å²) in [5.74, 6) is 0.0962. The lowest BCUT2D eigenvalue weighted by Gasteiger charge is -2.33. The van der Waals surface area contributed by atoms with E-state index in [1.54, 1.807) is 0 Å². The van der Waals surface area contributed by atoms with Crippen LogP contribution in [0.5, 0.6) is 11.5 Å². The van der Waals surface area contributed by atoms with Crippen molar-refractivity contribution >= 4 is 11.9 Å². The van der Waals surface area contributed by atoms with Gasteiger partial charge in [0.25, 0.3) is 0 Å². The number of fused-ring (bicyclic) bond motifs is 1. The number of piperazine rings is 1. The number of hydrogen-bond acceptors (Lipinski definition) is 5. The minimum absolute atomic E-state index is 0.00670. The van der Waals surface area contributed by atoms with E-state index in [4.69, 9.17) is 9.47 Å². The average molecular weight is 410 g/mol. The lowest BCUT2D eigenvalue weighted by Crippen LogP contribution is -3.13. The second-order valence-electron chi connectivity index (χ2n) is 7.88. The number of carboxylic acid groups (broad SMARTS) is 1. The van der Waals surface area contributed by atoms with E-state index < -0.39 is 5.97 Å². The quantitative estimate of drug-likeness (QED) is 0.693. The fraction of sp³-hybridized carbons (Fsp3) is 0.391. The number of nitrogens with zero attached hydrogens (tertiary/aromatic N) is 1. The Morgan fingerprint density at radius 1 is 1.00 bits per heavy atom. The number of amides is 1. The molecule has 0 spiro atoms. The number of ether oxygens (including phenoxy) is 2. The van der Waals surface area contributed by atoms with Gasteiger partial charge in [0.2, 0.25) is 12.7 Å². The Morgan fingerprint density at radius 3 is 2.47 bits per heavy atom. The molecule has 2 aromatic rings. The molecule has 1 N–H and O–H groups in total. The zero-order valence-electron chi connectivity index (χ0n) is 16.8. The van der Waals surface area contributed by atoms with Crippen LogP contribution in [0.1, 0.15) is 29.9 Å². The second-order valence-corrected chi connectivity index (χ2v) is 7.88. The first-order chi connectivity index (χ1) is 14.6. The van der Waals surface area contributed by atoms with Gasteiger partial charge in [0.1, 0.15) is 6.54 Å². The number of carboxylic acids is 1. The van der Waals surface area contributed by atoms with Crippen LogP contribution in [0, 0.1) is 0 Å². The maximum Gasteiger partial charge on any atom is 0.231 e. The summed E-state index contributed by atoms with van der Waals surface area (Å²) in [4.78, 5) is 27.3. The van der Waals surface area contributed by atoms with Gasteiger partial charge in [0.15, 0.2) is 11.5 Å². The molecule has 0 aliphatic carbocycles. The topological polar surface area (TPSA) is 83.3 Å². The first kappa shape index (κ1) is 20.2. The predicted octanol–water partition coefficient (Wildman–Crippen LogP) is -0.0437. The molecule has 30 heavy (non-hydrogen) atoms. The molecule has 0 aromatic heterocycles.